The average Bonchev–Trinajstić information content (AvgIpc) is 3.14. The van der Waals surface area contributed by atoms with E-state index in [0.717, 1.165) is 11.3 Å². The van der Waals surface area contributed by atoms with E-state index in [2.05, 4.69) is 20.9 Å². The second kappa shape index (κ2) is 10.3. The van der Waals surface area contributed by atoms with E-state index in [-0.39, 0.29) is 23.7 Å². The van der Waals surface area contributed by atoms with Crippen LogP contribution in [0.5, 0.6) is 11.5 Å². The fourth-order valence-electron chi connectivity index (χ4n) is 4.06. The standard InChI is InChI=1S/C26H26BrN3O5S/c1-6-35-25(33)21-14(2)28-26-30(22(21)15-7-9-18(10-8-15)29(3)4)24(32)20(36-26)12-16-11-17(27)13-19(34-5)23(16)31/h7-13,22,31H,6H2,1-5H3/b20-12-/t22-/m1/s1. The second-order valence-corrected chi connectivity index (χ2v) is 10.3. The number of halogens is 1. The number of esters is 1. The molecule has 3 aromatic rings. The molecule has 10 heteroatoms. The van der Waals surface area contributed by atoms with Gasteiger partial charge in [-0.15, -0.1) is 0 Å². The largest absolute Gasteiger partial charge is 0.504 e. The molecule has 1 aliphatic heterocycles. The van der Waals surface area contributed by atoms with E-state index in [4.69, 9.17) is 9.47 Å². The van der Waals surface area contributed by atoms with E-state index >= 15 is 0 Å². The number of nitrogens with zero attached hydrogens (tertiary/aromatic N) is 3. The first kappa shape index (κ1) is 25.7. The predicted molar refractivity (Wildman–Crippen MR) is 144 cm³/mol. The average molecular weight is 572 g/mol. The number of phenolic OH excluding ortho intramolecular Hbond substituents is 1. The number of phenols is 1. The van der Waals surface area contributed by atoms with Crippen LogP contribution in [0, 0.1) is 0 Å². The monoisotopic (exact) mass is 571 g/mol. The summed E-state index contributed by atoms with van der Waals surface area (Å²) in [6, 6.07) is 10.3. The number of thiazole rings is 1. The van der Waals surface area contributed by atoms with Crippen LogP contribution < -0.4 is 24.5 Å². The highest BCUT2D eigenvalue weighted by atomic mass is 79.9. The van der Waals surface area contributed by atoms with Crippen molar-refractivity contribution >= 4 is 45.0 Å². The molecule has 1 aliphatic rings. The Morgan fingerprint density at radius 2 is 1.97 bits per heavy atom. The lowest BCUT2D eigenvalue weighted by Gasteiger charge is -2.25. The summed E-state index contributed by atoms with van der Waals surface area (Å²) >= 11 is 4.60. The van der Waals surface area contributed by atoms with Crippen LogP contribution in [0.15, 0.2) is 61.9 Å². The summed E-state index contributed by atoms with van der Waals surface area (Å²) in [5.41, 5.74) is 2.66. The zero-order chi connectivity index (χ0) is 26.1. The van der Waals surface area contributed by atoms with Gasteiger partial charge in [-0.25, -0.2) is 9.79 Å². The van der Waals surface area contributed by atoms with Gasteiger partial charge in [-0.1, -0.05) is 39.4 Å². The molecular weight excluding hydrogens is 546 g/mol. The van der Waals surface area contributed by atoms with Gasteiger partial charge in [-0.2, -0.15) is 0 Å². The van der Waals surface area contributed by atoms with Gasteiger partial charge < -0.3 is 19.5 Å². The zero-order valence-corrected chi connectivity index (χ0v) is 22.9. The van der Waals surface area contributed by atoms with Crippen molar-refractivity contribution in [1.82, 2.24) is 4.57 Å². The number of anilines is 1. The van der Waals surface area contributed by atoms with E-state index in [1.165, 1.54) is 23.0 Å². The SMILES string of the molecule is CCOC(=O)C1=C(C)N=c2s/c(=C\c3cc(Br)cc(OC)c3O)c(=O)n2[C@@H]1c1ccc(N(C)C)cc1. The van der Waals surface area contributed by atoms with E-state index in [1.807, 2.05) is 43.3 Å². The summed E-state index contributed by atoms with van der Waals surface area (Å²) in [5, 5.41) is 10.6. The van der Waals surface area contributed by atoms with Crippen LogP contribution >= 0.6 is 27.3 Å². The predicted octanol–water partition coefficient (Wildman–Crippen LogP) is 3.34. The molecular formula is C26H26BrN3O5S. The number of fused-ring (bicyclic) bond motifs is 1. The van der Waals surface area contributed by atoms with Crippen molar-refractivity contribution in [1.29, 1.82) is 0 Å². The number of carbonyl (C=O) groups excluding carboxylic acids is 1. The highest BCUT2D eigenvalue weighted by molar-refractivity contribution is 9.10. The minimum absolute atomic E-state index is 0.0780. The second-order valence-electron chi connectivity index (χ2n) is 8.33. The molecule has 0 radical (unpaired) electrons. The number of carbonyl (C=O) groups is 1. The lowest BCUT2D eigenvalue weighted by Crippen LogP contribution is -2.39. The Morgan fingerprint density at radius 1 is 1.28 bits per heavy atom. The Labute approximate surface area is 220 Å². The van der Waals surface area contributed by atoms with Gasteiger partial charge in [0.15, 0.2) is 16.3 Å². The van der Waals surface area contributed by atoms with Crippen molar-refractivity contribution in [3.05, 3.63) is 83.0 Å². The number of ether oxygens (including phenoxy) is 2. The summed E-state index contributed by atoms with van der Waals surface area (Å²) in [6.07, 6.45) is 1.60. The van der Waals surface area contributed by atoms with E-state index < -0.39 is 12.0 Å². The molecule has 1 aromatic heterocycles. The molecule has 1 N–H and O–H groups in total. The molecule has 36 heavy (non-hydrogen) atoms. The third kappa shape index (κ3) is 4.70. The van der Waals surface area contributed by atoms with Crippen LogP contribution in [0.25, 0.3) is 6.08 Å². The summed E-state index contributed by atoms with van der Waals surface area (Å²) in [6.45, 7) is 3.69. The molecule has 0 bridgehead atoms. The number of hydrogen-bond acceptors (Lipinski definition) is 8. The number of methoxy groups -OCH3 is 1. The molecule has 8 nitrogen and oxygen atoms in total. The number of benzene rings is 2. The summed E-state index contributed by atoms with van der Waals surface area (Å²) < 4.78 is 13.1. The van der Waals surface area contributed by atoms with Gasteiger partial charge in [0.2, 0.25) is 0 Å². The van der Waals surface area contributed by atoms with Crippen LogP contribution in [-0.2, 0) is 9.53 Å². The molecule has 0 saturated heterocycles. The molecule has 1 atom stereocenters. The van der Waals surface area contributed by atoms with Gasteiger partial charge in [0.05, 0.1) is 35.6 Å². The first-order valence-corrected chi connectivity index (χ1v) is 12.8. The van der Waals surface area contributed by atoms with Crippen molar-refractivity contribution in [3.63, 3.8) is 0 Å². The Balaban J connectivity index is 1.96. The molecule has 0 spiro atoms. The minimum atomic E-state index is -0.704. The minimum Gasteiger partial charge on any atom is -0.504 e. The number of allylic oxidation sites excluding steroid dienone is 1. The molecule has 0 unspecified atom stereocenters. The lowest BCUT2D eigenvalue weighted by molar-refractivity contribution is -0.139. The molecule has 0 aliphatic carbocycles. The molecule has 188 valence electrons. The van der Waals surface area contributed by atoms with Crippen LogP contribution in [-0.4, -0.2) is 43.5 Å². The summed E-state index contributed by atoms with van der Waals surface area (Å²) in [5.74, 6) is -0.308. The van der Waals surface area contributed by atoms with Gasteiger partial charge in [0.1, 0.15) is 0 Å². The van der Waals surface area contributed by atoms with Crippen LogP contribution in [0.4, 0.5) is 5.69 Å². The van der Waals surface area contributed by atoms with Gasteiger partial charge in [-0.3, -0.25) is 9.36 Å². The van der Waals surface area contributed by atoms with Gasteiger partial charge >= 0.3 is 5.97 Å². The van der Waals surface area contributed by atoms with Crippen molar-refractivity contribution in [2.45, 2.75) is 19.9 Å². The first-order valence-electron chi connectivity index (χ1n) is 11.2. The van der Waals surface area contributed by atoms with Crippen LogP contribution in [0.3, 0.4) is 0 Å². The fourth-order valence-corrected chi connectivity index (χ4v) is 5.55. The molecule has 4 rings (SSSR count). The highest BCUT2D eigenvalue weighted by Gasteiger charge is 2.33. The van der Waals surface area contributed by atoms with E-state index in [0.29, 0.717) is 30.6 Å². The number of aromatic hydroxyl groups is 1. The third-order valence-corrected chi connectivity index (χ3v) is 7.26. The highest BCUT2D eigenvalue weighted by Crippen LogP contribution is 2.34. The molecule has 0 saturated carbocycles. The third-order valence-electron chi connectivity index (χ3n) is 5.82. The fraction of sp³-hybridized carbons (Fsp3) is 0.269. The molecule has 2 heterocycles. The van der Waals surface area contributed by atoms with E-state index in [9.17, 15) is 14.7 Å². The normalized spacial score (nSPS) is 15.4. The molecule has 0 fully saturated rings. The topological polar surface area (TPSA) is 93.4 Å². The zero-order valence-electron chi connectivity index (χ0n) is 20.5. The lowest BCUT2D eigenvalue weighted by atomic mass is 9.95. The summed E-state index contributed by atoms with van der Waals surface area (Å²) in [4.78, 5) is 33.8. The number of aromatic nitrogens is 1. The Morgan fingerprint density at radius 3 is 2.58 bits per heavy atom. The van der Waals surface area contributed by atoms with Gasteiger partial charge in [0.25, 0.3) is 5.56 Å². The number of rotatable bonds is 6. The Bertz CT molecular complexity index is 1540. The van der Waals surface area contributed by atoms with Gasteiger partial charge in [0, 0.05) is 29.8 Å². The van der Waals surface area contributed by atoms with Crippen molar-refractivity contribution in [3.8, 4) is 11.5 Å². The smallest absolute Gasteiger partial charge is 0.338 e. The van der Waals surface area contributed by atoms with Gasteiger partial charge in [-0.05, 0) is 49.8 Å². The summed E-state index contributed by atoms with van der Waals surface area (Å²) in [7, 11) is 5.34. The van der Waals surface area contributed by atoms with Crippen molar-refractivity contribution < 1.29 is 19.4 Å². The van der Waals surface area contributed by atoms with Crippen molar-refractivity contribution in [2.75, 3.05) is 32.7 Å². The van der Waals surface area contributed by atoms with Crippen molar-refractivity contribution in [2.24, 2.45) is 4.99 Å². The van der Waals surface area contributed by atoms with Crippen LogP contribution in [0.1, 0.15) is 31.0 Å². The first-order chi connectivity index (χ1) is 17.2. The Kier molecular flexibility index (Phi) is 7.37. The Hall–Kier alpha value is -3.37. The van der Waals surface area contributed by atoms with E-state index in [1.54, 1.807) is 32.1 Å². The molecule has 0 amide bonds. The maximum atomic E-state index is 13.7. The number of hydrogen-bond donors (Lipinski definition) is 1. The maximum absolute atomic E-state index is 13.7. The quantitative estimate of drug-likeness (QED) is 0.456. The maximum Gasteiger partial charge on any atom is 0.338 e. The molecule has 2 aromatic carbocycles. The van der Waals surface area contributed by atoms with Crippen LogP contribution in [0.2, 0.25) is 0 Å².